The van der Waals surface area contributed by atoms with E-state index in [2.05, 4.69) is 14.8 Å². The van der Waals surface area contributed by atoms with Crippen molar-refractivity contribution in [1.82, 2.24) is 0 Å². The first kappa shape index (κ1) is 20.0. The first-order valence-electron chi connectivity index (χ1n) is 8.75. The number of benzene rings is 3. The summed E-state index contributed by atoms with van der Waals surface area (Å²) in [5, 5.41) is 2.66. The molecule has 0 fully saturated rings. The van der Waals surface area contributed by atoms with Gasteiger partial charge in [0.05, 0.1) is 11.3 Å². The summed E-state index contributed by atoms with van der Waals surface area (Å²) in [7, 11) is 0. The number of fused-ring (bicyclic) bond motifs is 2. The van der Waals surface area contributed by atoms with Gasteiger partial charge in [0.15, 0.2) is 5.75 Å². The van der Waals surface area contributed by atoms with Gasteiger partial charge >= 0.3 is 6.36 Å². The van der Waals surface area contributed by atoms with E-state index in [0.717, 1.165) is 28.9 Å². The molecule has 0 radical (unpaired) electrons. The topological polar surface area (TPSA) is 59.6 Å². The molecule has 9 heteroatoms. The molecular weight excluding hydrogens is 417 g/mol. The highest BCUT2D eigenvalue weighted by Gasteiger charge is 2.32. The van der Waals surface area contributed by atoms with Crippen LogP contribution in [0, 0.1) is 0 Å². The van der Waals surface area contributed by atoms with Gasteiger partial charge in [0.25, 0.3) is 5.91 Å². The Morgan fingerprint density at radius 3 is 2.57 bits per heavy atom. The molecule has 1 amide bonds. The predicted molar refractivity (Wildman–Crippen MR) is 110 cm³/mol. The third-order valence-electron chi connectivity index (χ3n) is 4.29. The van der Waals surface area contributed by atoms with Crippen molar-refractivity contribution in [3.63, 3.8) is 0 Å². The van der Waals surface area contributed by atoms with Crippen molar-refractivity contribution < 1.29 is 27.4 Å². The Labute approximate surface area is 174 Å². The number of carbonyl (C=O) groups is 1. The lowest BCUT2D eigenvalue weighted by Gasteiger charge is -2.12. The van der Waals surface area contributed by atoms with E-state index in [4.69, 9.17) is 4.74 Å². The third kappa shape index (κ3) is 4.30. The van der Waals surface area contributed by atoms with Crippen LogP contribution < -0.4 is 19.5 Å². The van der Waals surface area contributed by atoms with Gasteiger partial charge in [-0.2, -0.15) is 0 Å². The van der Waals surface area contributed by atoms with E-state index < -0.39 is 18.0 Å². The van der Waals surface area contributed by atoms with Crippen LogP contribution in [-0.2, 0) is 0 Å². The van der Waals surface area contributed by atoms with E-state index in [1.807, 2.05) is 36.6 Å². The van der Waals surface area contributed by atoms with Crippen LogP contribution in [0.1, 0.15) is 10.4 Å². The molecule has 0 unspecified atom stereocenters. The Kier molecular flexibility index (Phi) is 5.21. The zero-order chi connectivity index (χ0) is 21.3. The molecular formula is C21H15F3N2O3S. The van der Waals surface area contributed by atoms with E-state index in [1.165, 1.54) is 18.0 Å². The quantitative estimate of drug-likeness (QED) is 0.474. The fraction of sp³-hybridized carbons (Fsp3) is 0.0952. The standard InChI is InChI=1S/C21H15F3N2O3S/c1-30-26-14-4-2-3-12(9-14)13-5-7-17-19(10-13)28-18-8-6-15(29-21(22,23)24)11-16(18)20(27)25-17/h2-11,26H,1H3,(H,25,27). The Morgan fingerprint density at radius 2 is 1.80 bits per heavy atom. The second kappa shape index (κ2) is 7.83. The second-order valence-electron chi connectivity index (χ2n) is 6.36. The summed E-state index contributed by atoms with van der Waals surface area (Å²) in [5.74, 6) is -0.567. The molecule has 4 rings (SSSR count). The molecule has 3 aromatic carbocycles. The lowest BCUT2D eigenvalue weighted by Crippen LogP contribution is -2.18. The summed E-state index contributed by atoms with van der Waals surface area (Å²) in [4.78, 5) is 12.5. The molecule has 0 saturated carbocycles. The molecule has 2 N–H and O–H groups in total. The zero-order valence-corrected chi connectivity index (χ0v) is 16.4. The monoisotopic (exact) mass is 432 g/mol. The number of halogens is 3. The molecule has 0 saturated heterocycles. The van der Waals surface area contributed by atoms with Crippen LogP contribution in [0.25, 0.3) is 11.1 Å². The smallest absolute Gasteiger partial charge is 0.454 e. The van der Waals surface area contributed by atoms with Crippen LogP contribution >= 0.6 is 11.9 Å². The molecule has 3 aromatic rings. The van der Waals surface area contributed by atoms with E-state index in [-0.39, 0.29) is 11.3 Å². The Balaban J connectivity index is 1.68. The van der Waals surface area contributed by atoms with Crippen molar-refractivity contribution in [2.45, 2.75) is 6.36 Å². The minimum Gasteiger partial charge on any atom is -0.454 e. The van der Waals surface area contributed by atoms with Gasteiger partial charge in [-0.3, -0.25) is 4.79 Å². The molecule has 5 nitrogen and oxygen atoms in total. The van der Waals surface area contributed by atoms with E-state index in [0.29, 0.717) is 11.4 Å². The number of hydrogen-bond donors (Lipinski definition) is 2. The largest absolute Gasteiger partial charge is 0.573 e. The van der Waals surface area contributed by atoms with Crippen molar-refractivity contribution in [3.8, 4) is 28.4 Å². The van der Waals surface area contributed by atoms with Crippen molar-refractivity contribution >= 4 is 29.2 Å². The highest BCUT2D eigenvalue weighted by Crippen LogP contribution is 2.40. The Bertz CT molecular complexity index is 1120. The van der Waals surface area contributed by atoms with E-state index >= 15 is 0 Å². The van der Waals surface area contributed by atoms with Gasteiger partial charge in [0.2, 0.25) is 0 Å². The number of anilines is 2. The Morgan fingerprint density at radius 1 is 1.00 bits per heavy atom. The van der Waals surface area contributed by atoms with Gasteiger partial charge in [-0.1, -0.05) is 30.1 Å². The molecule has 0 atom stereocenters. The number of ether oxygens (including phenoxy) is 2. The normalized spacial score (nSPS) is 12.7. The number of nitrogens with one attached hydrogen (secondary N) is 2. The molecule has 0 bridgehead atoms. The van der Waals surface area contributed by atoms with Gasteiger partial charge in [-0.15, -0.1) is 13.2 Å². The fourth-order valence-corrected chi connectivity index (χ4v) is 3.41. The maximum Gasteiger partial charge on any atom is 0.573 e. The summed E-state index contributed by atoms with van der Waals surface area (Å²) in [6.07, 6.45) is -2.93. The van der Waals surface area contributed by atoms with Crippen molar-refractivity contribution in [2.24, 2.45) is 0 Å². The SMILES string of the molecule is CSNc1cccc(-c2ccc3c(c2)Oc2ccc(OC(F)(F)F)cc2C(=O)N3)c1. The molecule has 1 heterocycles. The summed E-state index contributed by atoms with van der Waals surface area (Å²) in [6, 6.07) is 16.4. The molecule has 0 aliphatic carbocycles. The van der Waals surface area contributed by atoms with Crippen LogP contribution in [0.5, 0.6) is 17.2 Å². The number of alkyl halides is 3. The predicted octanol–water partition coefficient (Wildman–Crippen LogP) is 6.30. The average molecular weight is 432 g/mol. The van der Waals surface area contributed by atoms with Gasteiger partial charge in [-0.25, -0.2) is 0 Å². The van der Waals surface area contributed by atoms with E-state index in [9.17, 15) is 18.0 Å². The average Bonchev–Trinajstić information content (AvgIpc) is 2.82. The third-order valence-corrected chi connectivity index (χ3v) is 4.73. The second-order valence-corrected chi connectivity index (χ2v) is 6.97. The summed E-state index contributed by atoms with van der Waals surface area (Å²) in [5.41, 5.74) is 3.09. The van der Waals surface area contributed by atoms with Crippen molar-refractivity contribution in [2.75, 3.05) is 16.3 Å². The minimum absolute atomic E-state index is 0.0549. The lowest BCUT2D eigenvalue weighted by molar-refractivity contribution is -0.274. The zero-order valence-electron chi connectivity index (χ0n) is 15.5. The van der Waals surface area contributed by atoms with Gasteiger partial charge in [0, 0.05) is 11.9 Å². The van der Waals surface area contributed by atoms with Crippen LogP contribution in [0.15, 0.2) is 60.7 Å². The number of carbonyl (C=O) groups excluding carboxylic acids is 1. The molecule has 154 valence electrons. The number of hydrogen-bond acceptors (Lipinski definition) is 5. The summed E-state index contributed by atoms with van der Waals surface area (Å²) < 4.78 is 50.4. The Hall–Kier alpha value is -3.33. The van der Waals surface area contributed by atoms with Gasteiger partial charge in [-0.05, 0) is 53.6 Å². The molecule has 0 aromatic heterocycles. The summed E-state index contributed by atoms with van der Waals surface area (Å²) >= 11 is 1.48. The fourth-order valence-electron chi connectivity index (χ4n) is 3.05. The number of amides is 1. The van der Waals surface area contributed by atoms with Crippen LogP contribution in [0.3, 0.4) is 0 Å². The van der Waals surface area contributed by atoms with Crippen LogP contribution in [0.4, 0.5) is 24.5 Å². The lowest BCUT2D eigenvalue weighted by atomic mass is 10.0. The maximum absolute atomic E-state index is 12.5. The maximum atomic E-state index is 12.5. The first-order valence-corrected chi connectivity index (χ1v) is 9.97. The van der Waals surface area contributed by atoms with E-state index in [1.54, 1.807) is 12.1 Å². The van der Waals surface area contributed by atoms with Crippen LogP contribution in [0.2, 0.25) is 0 Å². The highest BCUT2D eigenvalue weighted by molar-refractivity contribution is 7.99. The van der Waals surface area contributed by atoms with Gasteiger partial charge in [0.1, 0.15) is 11.5 Å². The number of rotatable bonds is 4. The molecule has 1 aliphatic heterocycles. The highest BCUT2D eigenvalue weighted by atomic mass is 32.2. The van der Waals surface area contributed by atoms with Crippen LogP contribution in [-0.4, -0.2) is 18.5 Å². The first-order chi connectivity index (χ1) is 14.3. The molecule has 1 aliphatic rings. The minimum atomic E-state index is -4.85. The van der Waals surface area contributed by atoms with Crippen molar-refractivity contribution in [3.05, 3.63) is 66.2 Å². The molecule has 30 heavy (non-hydrogen) atoms. The summed E-state index contributed by atoms with van der Waals surface area (Å²) in [6.45, 7) is 0. The van der Waals surface area contributed by atoms with Crippen molar-refractivity contribution in [1.29, 1.82) is 0 Å². The van der Waals surface area contributed by atoms with Gasteiger partial charge < -0.3 is 19.5 Å². The molecule has 0 spiro atoms.